The highest BCUT2D eigenvalue weighted by molar-refractivity contribution is 9.10. The van der Waals surface area contributed by atoms with Gasteiger partial charge in [-0.3, -0.25) is 0 Å². The van der Waals surface area contributed by atoms with E-state index >= 15 is 0 Å². The van der Waals surface area contributed by atoms with Crippen molar-refractivity contribution in [1.82, 2.24) is 0 Å². The Balaban J connectivity index is 3.20. The van der Waals surface area contributed by atoms with E-state index in [2.05, 4.69) is 55.9 Å². The molecule has 1 aromatic carbocycles. The second-order valence-electron chi connectivity index (χ2n) is 5.77. The number of benzene rings is 1. The Kier molecular flexibility index (Phi) is 5.59. The Morgan fingerprint density at radius 2 is 1.94 bits per heavy atom. The van der Waals surface area contributed by atoms with Gasteiger partial charge in [-0.25, -0.2) is 0 Å². The molecule has 4 heteroatoms. The summed E-state index contributed by atoms with van der Waals surface area (Å²) in [6.45, 7) is 10.8. The van der Waals surface area contributed by atoms with E-state index in [1.165, 1.54) is 0 Å². The fourth-order valence-corrected chi connectivity index (χ4v) is 3.27. The first-order valence-electron chi connectivity index (χ1n) is 6.11. The Labute approximate surface area is 120 Å². The van der Waals surface area contributed by atoms with Crippen molar-refractivity contribution in [2.24, 2.45) is 5.41 Å². The number of rotatable bonds is 4. The first-order chi connectivity index (χ1) is 8.25. The van der Waals surface area contributed by atoms with Crippen LogP contribution in [-0.4, -0.2) is 14.1 Å². The Morgan fingerprint density at radius 1 is 1.33 bits per heavy atom. The monoisotopic (exact) mass is 329 g/mol. The summed E-state index contributed by atoms with van der Waals surface area (Å²) in [7, 11) is -0.791. The topological polar surface area (TPSA) is 29.5 Å². The molecule has 1 atom stereocenters. The fourth-order valence-electron chi connectivity index (χ4n) is 1.91. The molecule has 0 aliphatic heterocycles. The van der Waals surface area contributed by atoms with E-state index in [9.17, 15) is 5.11 Å². The quantitative estimate of drug-likeness (QED) is 0.834. The second kappa shape index (κ2) is 6.33. The van der Waals surface area contributed by atoms with Crippen LogP contribution >= 0.6 is 15.9 Å². The predicted molar refractivity (Wildman–Crippen MR) is 80.8 cm³/mol. The summed E-state index contributed by atoms with van der Waals surface area (Å²) in [5, 5.41) is 9.52. The van der Waals surface area contributed by atoms with E-state index in [-0.39, 0.29) is 18.1 Å². The summed E-state index contributed by atoms with van der Waals surface area (Å²) < 4.78 is 7.15. The molecular formula is C14H22BrO2Si. The number of hydrogen-bond acceptors (Lipinski definition) is 2. The zero-order chi connectivity index (χ0) is 13.9. The third kappa shape index (κ3) is 4.19. The van der Waals surface area contributed by atoms with Gasteiger partial charge in [0.15, 0.2) is 0 Å². The van der Waals surface area contributed by atoms with Crippen molar-refractivity contribution in [2.75, 3.05) is 0 Å². The molecule has 2 nitrogen and oxygen atoms in total. The summed E-state index contributed by atoms with van der Waals surface area (Å²) >= 11 is 3.44. The summed E-state index contributed by atoms with van der Waals surface area (Å²) in [5.74, 6) is 0. The van der Waals surface area contributed by atoms with Crippen LogP contribution in [0.25, 0.3) is 0 Å². The van der Waals surface area contributed by atoms with E-state index in [4.69, 9.17) is 4.43 Å². The molecule has 1 radical (unpaired) electrons. The molecule has 1 aromatic rings. The molecule has 0 aliphatic carbocycles. The molecule has 1 rings (SSSR count). The molecule has 1 N–H and O–H groups in total. The van der Waals surface area contributed by atoms with Gasteiger partial charge in [-0.2, -0.15) is 0 Å². The van der Waals surface area contributed by atoms with Crippen molar-refractivity contribution in [2.45, 2.75) is 46.6 Å². The largest absolute Gasteiger partial charge is 0.410 e. The van der Waals surface area contributed by atoms with Crippen LogP contribution in [0.2, 0.25) is 13.1 Å². The lowest BCUT2D eigenvalue weighted by Gasteiger charge is -2.34. The predicted octanol–water partition coefficient (Wildman–Crippen LogP) is 4.30. The summed E-state index contributed by atoms with van der Waals surface area (Å²) in [4.78, 5) is 0. The molecule has 0 aromatic heterocycles. The fraction of sp³-hybridized carbons (Fsp3) is 0.571. The van der Waals surface area contributed by atoms with Crippen LogP contribution in [0.5, 0.6) is 0 Å². The molecule has 0 fully saturated rings. The second-order valence-corrected chi connectivity index (χ2v) is 8.74. The normalized spacial score (nSPS) is 14.0. The van der Waals surface area contributed by atoms with Crippen LogP contribution in [-0.2, 0) is 11.0 Å². The minimum absolute atomic E-state index is 0.0136. The number of hydrogen-bond donors (Lipinski definition) is 1. The van der Waals surface area contributed by atoms with Gasteiger partial charge in [0.25, 0.3) is 0 Å². The first kappa shape index (κ1) is 15.9. The highest BCUT2D eigenvalue weighted by Crippen LogP contribution is 2.38. The van der Waals surface area contributed by atoms with Crippen molar-refractivity contribution in [3.8, 4) is 0 Å². The van der Waals surface area contributed by atoms with Crippen LogP contribution in [0.4, 0.5) is 0 Å². The third-order valence-corrected chi connectivity index (χ3v) is 3.90. The lowest BCUT2D eigenvalue weighted by Crippen LogP contribution is -2.26. The zero-order valence-corrected chi connectivity index (χ0v) is 14.3. The van der Waals surface area contributed by atoms with Crippen LogP contribution in [0, 0.1) is 5.41 Å². The number of aliphatic hydroxyl groups excluding tert-OH is 1. The van der Waals surface area contributed by atoms with Gasteiger partial charge in [0.2, 0.25) is 9.04 Å². The molecule has 0 bridgehead atoms. The van der Waals surface area contributed by atoms with Gasteiger partial charge in [0.05, 0.1) is 12.7 Å². The van der Waals surface area contributed by atoms with Crippen molar-refractivity contribution < 1.29 is 9.53 Å². The molecule has 18 heavy (non-hydrogen) atoms. The van der Waals surface area contributed by atoms with Crippen LogP contribution in [0.3, 0.4) is 0 Å². The van der Waals surface area contributed by atoms with Gasteiger partial charge in [-0.05, 0) is 41.8 Å². The Bertz CT molecular complexity index is 399. The van der Waals surface area contributed by atoms with E-state index in [0.717, 1.165) is 15.6 Å². The molecule has 0 saturated heterocycles. The zero-order valence-electron chi connectivity index (χ0n) is 11.7. The molecule has 0 amide bonds. The lowest BCUT2D eigenvalue weighted by atomic mass is 9.83. The summed E-state index contributed by atoms with van der Waals surface area (Å²) in [6, 6.07) is 6.03. The average molecular weight is 330 g/mol. The maximum Gasteiger partial charge on any atom is 0.205 e. The van der Waals surface area contributed by atoms with Gasteiger partial charge >= 0.3 is 0 Å². The molecule has 0 saturated carbocycles. The van der Waals surface area contributed by atoms with Gasteiger partial charge in [0.1, 0.15) is 0 Å². The third-order valence-electron chi connectivity index (χ3n) is 2.70. The van der Waals surface area contributed by atoms with Crippen LogP contribution in [0.15, 0.2) is 22.7 Å². The van der Waals surface area contributed by atoms with E-state index in [0.29, 0.717) is 0 Å². The molecule has 0 aliphatic rings. The van der Waals surface area contributed by atoms with Gasteiger partial charge in [0, 0.05) is 4.47 Å². The average Bonchev–Trinajstić information content (AvgIpc) is 2.24. The molecule has 1 unspecified atom stereocenters. The minimum atomic E-state index is -0.791. The van der Waals surface area contributed by atoms with Gasteiger partial charge < -0.3 is 9.53 Å². The van der Waals surface area contributed by atoms with Crippen molar-refractivity contribution in [3.63, 3.8) is 0 Å². The lowest BCUT2D eigenvalue weighted by molar-refractivity contribution is 0.0844. The number of halogens is 1. The van der Waals surface area contributed by atoms with E-state index in [1.807, 2.05) is 12.1 Å². The maximum atomic E-state index is 9.52. The Hall–Kier alpha value is -0.163. The summed E-state index contributed by atoms with van der Waals surface area (Å²) in [5.41, 5.74) is 2.05. The Morgan fingerprint density at radius 3 is 2.39 bits per heavy atom. The molecule has 0 heterocycles. The smallest absolute Gasteiger partial charge is 0.205 e. The minimum Gasteiger partial charge on any atom is -0.410 e. The highest BCUT2D eigenvalue weighted by atomic mass is 79.9. The molecular weight excluding hydrogens is 308 g/mol. The number of aliphatic hydroxyl groups is 1. The molecule has 101 valence electrons. The van der Waals surface area contributed by atoms with Gasteiger partial charge in [-0.15, -0.1) is 0 Å². The summed E-state index contributed by atoms with van der Waals surface area (Å²) in [6.07, 6.45) is 0.0247. The molecule has 0 spiro atoms. The van der Waals surface area contributed by atoms with E-state index in [1.54, 1.807) is 0 Å². The van der Waals surface area contributed by atoms with E-state index < -0.39 is 9.04 Å². The van der Waals surface area contributed by atoms with Crippen molar-refractivity contribution in [1.29, 1.82) is 0 Å². The van der Waals surface area contributed by atoms with Crippen LogP contribution in [0.1, 0.15) is 38.0 Å². The first-order valence-corrected chi connectivity index (χ1v) is 9.32. The highest BCUT2D eigenvalue weighted by Gasteiger charge is 2.29. The van der Waals surface area contributed by atoms with Crippen molar-refractivity contribution in [3.05, 3.63) is 33.8 Å². The standard InChI is InChI=1S/C14H22BrO2Si/c1-14(2,3)13(17-18(4)5)12-7-6-11(15)8-10(12)9-16/h6-8,13,16H,9H2,1-5H3. The maximum absolute atomic E-state index is 9.52. The van der Waals surface area contributed by atoms with Gasteiger partial charge in [-0.1, -0.05) is 42.8 Å². The van der Waals surface area contributed by atoms with Crippen molar-refractivity contribution >= 4 is 25.0 Å². The SMILES string of the molecule is C[Si](C)OC(c1ccc(Br)cc1CO)C(C)(C)C. The van der Waals surface area contributed by atoms with Crippen LogP contribution < -0.4 is 0 Å².